The molecular weight excluding hydrogens is 527 g/mol. The van der Waals surface area contributed by atoms with Crippen LogP contribution in [0.25, 0.3) is 0 Å². The quantitative estimate of drug-likeness (QED) is 0.404. The summed E-state index contributed by atoms with van der Waals surface area (Å²) in [6.45, 7) is 4.36. The number of benzene rings is 2. The Hall–Kier alpha value is -1.16. The van der Waals surface area contributed by atoms with Gasteiger partial charge in [0.2, 0.25) is 15.9 Å². The van der Waals surface area contributed by atoms with Crippen LogP contribution in [0.1, 0.15) is 25.8 Å². The number of amides is 1. The predicted molar refractivity (Wildman–Crippen MR) is 127 cm³/mol. The van der Waals surface area contributed by atoms with Crippen LogP contribution >= 0.6 is 39.1 Å². The number of nitrogens with one attached hydrogen (secondary N) is 1. The van der Waals surface area contributed by atoms with Crippen molar-refractivity contribution in [3.63, 3.8) is 0 Å². The maximum absolute atomic E-state index is 13.3. The van der Waals surface area contributed by atoms with Crippen LogP contribution in [0.15, 0.2) is 51.8 Å². The van der Waals surface area contributed by atoms with Gasteiger partial charge in [-0.1, -0.05) is 45.2 Å². The molecule has 6 nitrogen and oxygen atoms in total. The van der Waals surface area contributed by atoms with Gasteiger partial charge < -0.3 is 10.1 Å². The van der Waals surface area contributed by atoms with Gasteiger partial charge in [0, 0.05) is 34.2 Å². The molecule has 170 valence electrons. The third-order valence-electron chi connectivity index (χ3n) is 4.23. The van der Waals surface area contributed by atoms with Gasteiger partial charge in [-0.2, -0.15) is 4.31 Å². The first kappa shape index (κ1) is 26.1. The van der Waals surface area contributed by atoms with Crippen molar-refractivity contribution in [2.75, 3.05) is 19.7 Å². The zero-order valence-corrected chi connectivity index (χ0v) is 21.2. The van der Waals surface area contributed by atoms with Crippen molar-refractivity contribution in [3.8, 4) is 0 Å². The van der Waals surface area contributed by atoms with Crippen LogP contribution in [0.2, 0.25) is 10.0 Å². The Kier molecular flexibility index (Phi) is 10.3. The molecule has 0 radical (unpaired) electrons. The molecule has 0 saturated carbocycles. The molecule has 0 heterocycles. The fraction of sp³-hybridized carbons (Fsp3) is 0.381. The van der Waals surface area contributed by atoms with Crippen LogP contribution in [0.3, 0.4) is 0 Å². The summed E-state index contributed by atoms with van der Waals surface area (Å²) in [7, 11) is -3.95. The summed E-state index contributed by atoms with van der Waals surface area (Å²) in [5.74, 6) is -0.407. The van der Waals surface area contributed by atoms with Crippen molar-refractivity contribution in [2.24, 2.45) is 0 Å². The highest BCUT2D eigenvalue weighted by atomic mass is 79.9. The molecule has 0 aliphatic rings. The summed E-state index contributed by atoms with van der Waals surface area (Å²) in [4.78, 5) is 12.6. The Bertz CT molecular complexity index is 985. The van der Waals surface area contributed by atoms with E-state index >= 15 is 0 Å². The van der Waals surface area contributed by atoms with Crippen molar-refractivity contribution in [3.05, 3.63) is 62.5 Å². The van der Waals surface area contributed by atoms with E-state index in [0.29, 0.717) is 35.2 Å². The Morgan fingerprint density at radius 1 is 1.16 bits per heavy atom. The molecule has 2 aromatic rings. The maximum atomic E-state index is 13.3. The van der Waals surface area contributed by atoms with Crippen LogP contribution in [0.5, 0.6) is 0 Å². The first-order valence-electron chi connectivity index (χ1n) is 9.67. The molecule has 1 N–H and O–H groups in total. The minimum atomic E-state index is -3.95. The molecule has 0 spiro atoms. The highest BCUT2D eigenvalue weighted by molar-refractivity contribution is 9.10. The Labute approximate surface area is 202 Å². The van der Waals surface area contributed by atoms with Gasteiger partial charge in [0.1, 0.15) is 0 Å². The number of hydrogen-bond acceptors (Lipinski definition) is 4. The number of nitrogens with zero attached hydrogens (tertiary/aromatic N) is 1. The lowest BCUT2D eigenvalue weighted by atomic mass is 10.2. The Morgan fingerprint density at radius 3 is 2.45 bits per heavy atom. The summed E-state index contributed by atoms with van der Waals surface area (Å²) in [6, 6.07) is 11.0. The van der Waals surface area contributed by atoms with Gasteiger partial charge in [-0.3, -0.25) is 4.79 Å². The number of rotatable bonds is 11. The number of halogens is 3. The number of carbonyl (C=O) groups excluding carboxylic acids is 1. The van der Waals surface area contributed by atoms with Gasteiger partial charge in [-0.15, -0.1) is 0 Å². The average molecular weight is 552 g/mol. The lowest BCUT2D eigenvalue weighted by molar-refractivity contribution is -0.121. The fourth-order valence-corrected chi connectivity index (χ4v) is 4.76. The van der Waals surface area contributed by atoms with E-state index in [4.69, 9.17) is 27.9 Å². The number of sulfonamides is 1. The van der Waals surface area contributed by atoms with Gasteiger partial charge in [0.05, 0.1) is 17.5 Å². The minimum absolute atomic E-state index is 0.0712. The van der Waals surface area contributed by atoms with Crippen LogP contribution in [0.4, 0.5) is 0 Å². The summed E-state index contributed by atoms with van der Waals surface area (Å²) in [5.41, 5.74) is 0.546. The minimum Gasteiger partial charge on any atom is -0.379 e. The van der Waals surface area contributed by atoms with Crippen molar-refractivity contribution >= 4 is 55.1 Å². The zero-order valence-electron chi connectivity index (χ0n) is 17.3. The molecule has 0 aliphatic heterocycles. The van der Waals surface area contributed by atoms with Crippen LogP contribution in [-0.4, -0.2) is 44.4 Å². The topological polar surface area (TPSA) is 75.7 Å². The predicted octanol–water partition coefficient (Wildman–Crippen LogP) is 4.88. The molecule has 31 heavy (non-hydrogen) atoms. The van der Waals surface area contributed by atoms with Gasteiger partial charge >= 0.3 is 0 Å². The second-order valence-corrected chi connectivity index (χ2v) is 10.8. The molecule has 0 aromatic heterocycles. The van der Waals surface area contributed by atoms with E-state index in [9.17, 15) is 13.2 Å². The second-order valence-electron chi connectivity index (χ2n) is 7.09. The van der Waals surface area contributed by atoms with E-state index < -0.39 is 15.9 Å². The van der Waals surface area contributed by atoms with E-state index in [1.807, 2.05) is 13.8 Å². The summed E-state index contributed by atoms with van der Waals surface area (Å²) < 4.78 is 33.8. The third-order valence-corrected chi connectivity index (χ3v) is 7.15. The Morgan fingerprint density at radius 2 is 1.84 bits per heavy atom. The van der Waals surface area contributed by atoms with Crippen LogP contribution in [0, 0.1) is 0 Å². The molecule has 10 heteroatoms. The molecule has 0 unspecified atom stereocenters. The molecule has 1 amide bonds. The molecular formula is C21H25BrCl2N2O4S. The van der Waals surface area contributed by atoms with Crippen LogP contribution < -0.4 is 5.32 Å². The normalized spacial score (nSPS) is 11.8. The number of carbonyl (C=O) groups is 1. The number of ether oxygens (including phenoxy) is 1. The van der Waals surface area contributed by atoms with Gasteiger partial charge in [-0.05, 0) is 62.2 Å². The van der Waals surface area contributed by atoms with Gasteiger partial charge in [0.25, 0.3) is 0 Å². The third kappa shape index (κ3) is 8.36. The lowest BCUT2D eigenvalue weighted by Crippen LogP contribution is -2.40. The highest BCUT2D eigenvalue weighted by Crippen LogP contribution is 2.25. The van der Waals surface area contributed by atoms with Crippen molar-refractivity contribution in [1.82, 2.24) is 9.62 Å². The van der Waals surface area contributed by atoms with Crippen molar-refractivity contribution in [2.45, 2.75) is 37.8 Å². The standard InChI is InChI=1S/C21H25BrCl2N2O4S/c1-15(2)30-11-3-10-25-21(27)14-26(13-16-4-7-18(23)12-20(16)24)31(28,29)19-8-5-17(22)6-9-19/h4-9,12,15H,3,10-11,13-14H2,1-2H3,(H,25,27). The van der Waals surface area contributed by atoms with E-state index in [2.05, 4.69) is 21.2 Å². The molecule has 0 atom stereocenters. The van der Waals surface area contributed by atoms with E-state index in [1.165, 1.54) is 18.2 Å². The highest BCUT2D eigenvalue weighted by Gasteiger charge is 2.27. The molecule has 2 rings (SSSR count). The summed E-state index contributed by atoms with van der Waals surface area (Å²) in [5, 5.41) is 3.51. The SMILES string of the molecule is CC(C)OCCCNC(=O)CN(Cc1ccc(Cl)cc1Cl)S(=O)(=O)c1ccc(Br)cc1. The first-order valence-corrected chi connectivity index (χ1v) is 12.7. The maximum Gasteiger partial charge on any atom is 0.243 e. The zero-order chi connectivity index (χ0) is 23.0. The second kappa shape index (κ2) is 12.2. The van der Waals surface area contributed by atoms with E-state index in [0.717, 1.165) is 8.78 Å². The lowest BCUT2D eigenvalue weighted by Gasteiger charge is -2.22. The first-order chi connectivity index (χ1) is 14.6. The fourth-order valence-electron chi connectivity index (χ4n) is 2.66. The number of hydrogen-bond donors (Lipinski definition) is 1. The largest absolute Gasteiger partial charge is 0.379 e. The van der Waals surface area contributed by atoms with Gasteiger partial charge in [-0.25, -0.2) is 8.42 Å². The van der Waals surface area contributed by atoms with Gasteiger partial charge in [0.15, 0.2) is 0 Å². The summed E-state index contributed by atoms with van der Waals surface area (Å²) >= 11 is 15.5. The van der Waals surface area contributed by atoms with E-state index in [-0.39, 0.29) is 24.1 Å². The summed E-state index contributed by atoms with van der Waals surface area (Å²) in [6.07, 6.45) is 0.748. The monoisotopic (exact) mass is 550 g/mol. The molecule has 0 aliphatic carbocycles. The molecule has 0 bridgehead atoms. The average Bonchev–Trinajstić information content (AvgIpc) is 2.69. The molecule has 0 fully saturated rings. The Balaban J connectivity index is 2.17. The van der Waals surface area contributed by atoms with Crippen molar-refractivity contribution < 1.29 is 17.9 Å². The van der Waals surface area contributed by atoms with Crippen molar-refractivity contribution in [1.29, 1.82) is 0 Å². The molecule has 0 saturated heterocycles. The molecule has 2 aromatic carbocycles. The van der Waals surface area contributed by atoms with Crippen LogP contribution in [-0.2, 0) is 26.1 Å². The van der Waals surface area contributed by atoms with E-state index in [1.54, 1.807) is 24.3 Å². The smallest absolute Gasteiger partial charge is 0.243 e.